The number of aliphatic hydroxyl groups is 3. The molecule has 0 heterocycles. The largest absolute Gasteiger partial charge is 0.508 e. The van der Waals surface area contributed by atoms with Gasteiger partial charge in [-0.25, -0.2) is 0 Å². The first-order valence-corrected chi connectivity index (χ1v) is 14.6. The summed E-state index contributed by atoms with van der Waals surface area (Å²) in [5.41, 5.74) is -1.79. The van der Waals surface area contributed by atoms with Crippen molar-refractivity contribution in [2.24, 2.45) is 22.7 Å². The molecule has 4 atom stereocenters. The van der Waals surface area contributed by atoms with Gasteiger partial charge >= 0.3 is 0 Å². The van der Waals surface area contributed by atoms with Crippen LogP contribution in [0.5, 0.6) is 5.75 Å². The number of phenols is 1. The number of carbonyl (C=O) groups excluding carboxylic acids is 3. The maximum atomic E-state index is 14.6. The van der Waals surface area contributed by atoms with Crippen LogP contribution in [-0.4, -0.2) is 43.4 Å². The van der Waals surface area contributed by atoms with E-state index in [4.69, 9.17) is 0 Å². The molecule has 3 aliphatic carbocycles. The Morgan fingerprint density at radius 3 is 2.12 bits per heavy atom. The summed E-state index contributed by atoms with van der Waals surface area (Å²) in [5.74, 6) is -5.17. The zero-order valence-electron chi connectivity index (χ0n) is 25.5. The summed E-state index contributed by atoms with van der Waals surface area (Å²) in [5, 5.41) is 47.2. The second-order valence-electron chi connectivity index (χ2n) is 13.7. The molecule has 42 heavy (non-hydrogen) atoms. The average Bonchev–Trinajstić information content (AvgIpc) is 2.86. The van der Waals surface area contributed by atoms with Crippen molar-refractivity contribution in [1.29, 1.82) is 0 Å². The Hall–Kier alpha value is -3.71. The van der Waals surface area contributed by atoms with Gasteiger partial charge in [-0.3, -0.25) is 14.4 Å². The van der Waals surface area contributed by atoms with E-state index in [9.17, 15) is 34.8 Å². The molecule has 222 valence electrons. The van der Waals surface area contributed by atoms with Crippen LogP contribution >= 0.6 is 0 Å². The first-order chi connectivity index (χ1) is 19.4. The van der Waals surface area contributed by atoms with Crippen LogP contribution in [0.15, 0.2) is 47.2 Å². The molecule has 0 spiro atoms. The summed E-state index contributed by atoms with van der Waals surface area (Å²) in [4.78, 5) is 40.8. The van der Waals surface area contributed by atoms with Crippen molar-refractivity contribution in [3.05, 3.63) is 69.5 Å². The molecule has 1 fully saturated rings. The smallest absolute Gasteiger partial charge is 0.203 e. The molecule has 0 aromatic heterocycles. The minimum absolute atomic E-state index is 0.0121. The van der Waals surface area contributed by atoms with Gasteiger partial charge in [-0.1, -0.05) is 71.4 Å². The van der Waals surface area contributed by atoms with Gasteiger partial charge < -0.3 is 20.4 Å². The van der Waals surface area contributed by atoms with Gasteiger partial charge in [0.2, 0.25) is 5.78 Å². The second kappa shape index (κ2) is 9.40. The molecule has 4 N–H and O–H groups in total. The molecule has 0 radical (unpaired) electrons. The highest BCUT2D eigenvalue weighted by molar-refractivity contribution is 6.24. The van der Waals surface area contributed by atoms with Gasteiger partial charge in [-0.05, 0) is 61.3 Å². The second-order valence-corrected chi connectivity index (χ2v) is 13.7. The van der Waals surface area contributed by atoms with E-state index in [0.29, 0.717) is 11.1 Å². The number of allylic oxidation sites excluding steroid dienone is 1. The van der Waals surface area contributed by atoms with Gasteiger partial charge in [-0.15, -0.1) is 0 Å². The highest BCUT2D eigenvalue weighted by atomic mass is 16.3. The van der Waals surface area contributed by atoms with Gasteiger partial charge in [0, 0.05) is 27.9 Å². The van der Waals surface area contributed by atoms with Crippen LogP contribution in [0.1, 0.15) is 83.1 Å². The molecular formula is C35H40O7. The van der Waals surface area contributed by atoms with E-state index < -0.39 is 56.8 Å². The maximum absolute atomic E-state index is 14.6. The van der Waals surface area contributed by atoms with E-state index in [-0.39, 0.29) is 41.6 Å². The van der Waals surface area contributed by atoms with Crippen molar-refractivity contribution in [1.82, 2.24) is 0 Å². The van der Waals surface area contributed by atoms with Gasteiger partial charge in [0.1, 0.15) is 22.8 Å². The third kappa shape index (κ3) is 3.72. The van der Waals surface area contributed by atoms with Gasteiger partial charge in [-0.2, -0.15) is 0 Å². The fraction of sp³-hybridized carbons (Fsp3) is 0.457. The number of phenolic OH excluding ortho intramolecular Hbond substituents is 1. The molecule has 0 bridgehead atoms. The van der Waals surface area contributed by atoms with Crippen molar-refractivity contribution in [2.45, 2.75) is 79.8 Å². The Morgan fingerprint density at radius 2 is 1.60 bits per heavy atom. The highest BCUT2D eigenvalue weighted by Gasteiger charge is 2.72. The quantitative estimate of drug-likeness (QED) is 0.317. The van der Waals surface area contributed by atoms with Gasteiger partial charge in [0.25, 0.3) is 0 Å². The van der Waals surface area contributed by atoms with Crippen LogP contribution in [0.2, 0.25) is 0 Å². The molecule has 2 aromatic rings. The van der Waals surface area contributed by atoms with Crippen molar-refractivity contribution in [2.75, 3.05) is 0 Å². The van der Waals surface area contributed by atoms with Crippen LogP contribution in [0.3, 0.4) is 0 Å². The maximum Gasteiger partial charge on any atom is 0.203 e. The minimum Gasteiger partial charge on any atom is -0.508 e. The van der Waals surface area contributed by atoms with Gasteiger partial charge in [0.15, 0.2) is 17.2 Å². The number of aliphatic hydroxyl groups excluding tert-OH is 2. The fourth-order valence-electron chi connectivity index (χ4n) is 8.28. The lowest BCUT2D eigenvalue weighted by molar-refractivity contribution is -0.178. The Morgan fingerprint density at radius 1 is 1.00 bits per heavy atom. The molecule has 3 aliphatic rings. The lowest BCUT2D eigenvalue weighted by Gasteiger charge is -2.59. The van der Waals surface area contributed by atoms with Crippen molar-refractivity contribution in [3.63, 3.8) is 0 Å². The van der Waals surface area contributed by atoms with E-state index in [0.717, 1.165) is 23.6 Å². The summed E-state index contributed by atoms with van der Waals surface area (Å²) >= 11 is 0. The summed E-state index contributed by atoms with van der Waals surface area (Å²) in [6.45, 7) is 14.2. The Kier molecular flexibility index (Phi) is 6.66. The molecule has 0 saturated heterocycles. The van der Waals surface area contributed by atoms with Crippen molar-refractivity contribution < 1.29 is 34.8 Å². The fourth-order valence-corrected chi connectivity index (χ4v) is 8.28. The van der Waals surface area contributed by atoms with Crippen LogP contribution in [0.25, 0.3) is 16.9 Å². The van der Waals surface area contributed by atoms with Crippen LogP contribution in [-0.2, 0) is 20.8 Å². The Bertz CT molecular complexity index is 1620. The number of ketones is 3. The number of carbonyl (C=O) groups is 3. The standard InChI is InChI=1S/C35H40O7/c1-16(2)21-13-22(20-11-9-18(5)10-12-20)28(37)25-23(21)14-33(7)15-34(8)26(17(3)4)29(38)24(19(6)36)31(40)35(34,42)32(41)27(33)30(25)39/h9-13,16-17,26,37,39-40,42H,14-15H2,1-8H3/t26?,33-,34-,35+/m1/s1. The van der Waals surface area contributed by atoms with E-state index in [2.05, 4.69) is 0 Å². The molecule has 0 aliphatic heterocycles. The monoisotopic (exact) mass is 572 g/mol. The lowest BCUT2D eigenvalue weighted by atomic mass is 9.43. The average molecular weight is 573 g/mol. The zero-order chi connectivity index (χ0) is 31.3. The third-order valence-corrected chi connectivity index (χ3v) is 10.0. The summed E-state index contributed by atoms with van der Waals surface area (Å²) in [7, 11) is 0. The topological polar surface area (TPSA) is 132 Å². The molecule has 0 amide bonds. The number of aromatic hydroxyl groups is 1. The molecule has 7 nitrogen and oxygen atoms in total. The normalized spacial score (nSPS) is 29.2. The summed E-state index contributed by atoms with van der Waals surface area (Å²) in [6, 6.07) is 9.56. The molecule has 1 saturated carbocycles. The highest BCUT2D eigenvalue weighted by Crippen LogP contribution is 2.65. The van der Waals surface area contributed by atoms with E-state index in [1.165, 1.54) is 0 Å². The zero-order valence-corrected chi connectivity index (χ0v) is 25.5. The van der Waals surface area contributed by atoms with Gasteiger partial charge in [0.05, 0.1) is 5.56 Å². The Balaban J connectivity index is 1.85. The minimum atomic E-state index is -2.62. The predicted molar refractivity (Wildman–Crippen MR) is 160 cm³/mol. The predicted octanol–water partition coefficient (Wildman–Crippen LogP) is 6.29. The molecule has 1 unspecified atom stereocenters. The van der Waals surface area contributed by atoms with Crippen LogP contribution in [0.4, 0.5) is 0 Å². The number of fused-ring (bicyclic) bond motifs is 3. The van der Waals surface area contributed by atoms with Crippen LogP contribution < -0.4 is 0 Å². The van der Waals surface area contributed by atoms with Crippen molar-refractivity contribution >= 4 is 23.1 Å². The summed E-state index contributed by atoms with van der Waals surface area (Å²) in [6.07, 6.45) is 0.334. The first-order valence-electron chi connectivity index (χ1n) is 14.6. The molecular weight excluding hydrogens is 532 g/mol. The van der Waals surface area contributed by atoms with E-state index >= 15 is 0 Å². The van der Waals surface area contributed by atoms with Crippen molar-refractivity contribution in [3.8, 4) is 16.9 Å². The Labute approximate surface area is 246 Å². The lowest BCUT2D eigenvalue weighted by Crippen LogP contribution is -2.69. The number of hydrogen-bond donors (Lipinski definition) is 4. The first kappa shape index (κ1) is 29.8. The summed E-state index contributed by atoms with van der Waals surface area (Å²) < 4.78 is 0. The number of hydrogen-bond acceptors (Lipinski definition) is 7. The third-order valence-electron chi connectivity index (χ3n) is 10.0. The molecule has 2 aromatic carbocycles. The number of rotatable bonds is 4. The number of aryl methyl sites for hydroxylation is 1. The molecule has 7 heteroatoms. The number of benzene rings is 2. The molecule has 5 rings (SSSR count). The van der Waals surface area contributed by atoms with E-state index in [1.54, 1.807) is 20.8 Å². The SMILES string of the molecule is CC(=O)C1=C(O)[C@]2(O)C(=O)C3=C(O)c4c(O)c(-c5ccc(C)cc5)cc(C(C)C)c4C[C@]3(C)C[C@]2(C)C(C(C)C)C1=O. The van der Waals surface area contributed by atoms with Crippen LogP contribution in [0, 0.1) is 29.6 Å². The van der Waals surface area contributed by atoms with E-state index in [1.807, 2.05) is 58.0 Å². The number of Topliss-reactive ketones (excluding diaryl/α,β-unsaturated/α-hetero) is 3.